The molecule has 0 saturated heterocycles. The molecule has 3 rings (SSSR count). The van der Waals surface area contributed by atoms with Gasteiger partial charge in [-0.15, -0.1) is 11.3 Å². The molecule has 0 spiro atoms. The molecule has 0 unspecified atom stereocenters. The third kappa shape index (κ3) is 6.56. The Labute approximate surface area is 196 Å². The lowest BCUT2D eigenvalue weighted by Gasteiger charge is -2.18. The average molecular weight is 489 g/mol. The predicted octanol–water partition coefficient (Wildman–Crippen LogP) is 3.75. The monoisotopic (exact) mass is 488 g/mol. The van der Waals surface area contributed by atoms with Crippen LogP contribution < -0.4 is 14.4 Å². The van der Waals surface area contributed by atoms with Crippen molar-refractivity contribution in [2.75, 3.05) is 29.9 Å². The number of esters is 1. The molecule has 174 valence electrons. The summed E-state index contributed by atoms with van der Waals surface area (Å²) in [5.74, 6) is -0.794. The highest BCUT2D eigenvalue weighted by atomic mass is 32.2. The molecular formula is C23H24N2O6S2. The van der Waals surface area contributed by atoms with Crippen molar-refractivity contribution in [3.05, 3.63) is 71.1 Å². The van der Waals surface area contributed by atoms with Gasteiger partial charge in [0, 0.05) is 12.7 Å². The number of benzene rings is 2. The van der Waals surface area contributed by atoms with Gasteiger partial charge in [0.15, 0.2) is 13.2 Å². The number of rotatable bonds is 9. The number of nitrogens with zero attached hydrogens (tertiary/aromatic N) is 1. The second kappa shape index (κ2) is 10.5. The second-order valence-corrected chi connectivity index (χ2v) is 10.4. The van der Waals surface area contributed by atoms with Gasteiger partial charge in [-0.25, -0.2) is 13.2 Å². The van der Waals surface area contributed by atoms with Crippen LogP contribution in [0.3, 0.4) is 0 Å². The number of hydrogen-bond acceptors (Lipinski definition) is 7. The van der Waals surface area contributed by atoms with E-state index in [1.165, 1.54) is 11.4 Å². The van der Waals surface area contributed by atoms with Crippen molar-refractivity contribution in [3.8, 4) is 5.75 Å². The van der Waals surface area contributed by atoms with Crippen LogP contribution in [0.5, 0.6) is 5.75 Å². The minimum Gasteiger partial charge on any atom is -0.482 e. The van der Waals surface area contributed by atoms with Gasteiger partial charge in [-0.3, -0.25) is 9.10 Å². The number of aryl methyl sites for hydroxylation is 2. The summed E-state index contributed by atoms with van der Waals surface area (Å²) in [6.07, 6.45) is 0. The van der Waals surface area contributed by atoms with Crippen LogP contribution in [0.2, 0.25) is 0 Å². The van der Waals surface area contributed by atoms with E-state index in [0.29, 0.717) is 17.1 Å². The quantitative estimate of drug-likeness (QED) is 0.460. The van der Waals surface area contributed by atoms with E-state index >= 15 is 0 Å². The summed E-state index contributed by atoms with van der Waals surface area (Å²) < 4.78 is 36.9. The lowest BCUT2D eigenvalue weighted by Crippen LogP contribution is -2.25. The van der Waals surface area contributed by atoms with Crippen molar-refractivity contribution < 1.29 is 27.5 Å². The third-order valence-electron chi connectivity index (χ3n) is 4.54. The van der Waals surface area contributed by atoms with Crippen molar-refractivity contribution in [1.29, 1.82) is 0 Å². The molecule has 33 heavy (non-hydrogen) atoms. The lowest BCUT2D eigenvalue weighted by molar-refractivity contribution is -0.149. The van der Waals surface area contributed by atoms with Crippen LogP contribution in [-0.4, -0.2) is 40.6 Å². The molecule has 1 amide bonds. The van der Waals surface area contributed by atoms with Gasteiger partial charge >= 0.3 is 5.97 Å². The number of amides is 1. The zero-order valence-electron chi connectivity index (χ0n) is 18.4. The van der Waals surface area contributed by atoms with Gasteiger partial charge in [0.2, 0.25) is 0 Å². The Kier molecular flexibility index (Phi) is 7.72. The number of sulfonamides is 1. The Morgan fingerprint density at radius 1 is 1.00 bits per heavy atom. The summed E-state index contributed by atoms with van der Waals surface area (Å²) in [6, 6.07) is 15.1. The number of nitrogens with one attached hydrogen (secondary N) is 1. The Balaban J connectivity index is 1.47. The second-order valence-electron chi connectivity index (χ2n) is 7.27. The van der Waals surface area contributed by atoms with Crippen LogP contribution in [0.15, 0.2) is 64.2 Å². The molecule has 0 saturated carbocycles. The molecule has 0 aliphatic carbocycles. The third-order valence-corrected chi connectivity index (χ3v) is 7.70. The fourth-order valence-electron chi connectivity index (χ4n) is 3.01. The Bertz CT molecular complexity index is 1200. The highest BCUT2D eigenvalue weighted by Gasteiger charge is 2.22. The zero-order valence-corrected chi connectivity index (χ0v) is 20.0. The van der Waals surface area contributed by atoms with Crippen molar-refractivity contribution in [1.82, 2.24) is 0 Å². The number of hydrogen-bond donors (Lipinski definition) is 1. The van der Waals surface area contributed by atoms with E-state index in [1.807, 2.05) is 32.0 Å². The van der Waals surface area contributed by atoms with Gasteiger partial charge in [-0.05, 0) is 72.8 Å². The molecule has 0 bridgehead atoms. The maximum atomic E-state index is 12.6. The Hall–Kier alpha value is -3.37. The van der Waals surface area contributed by atoms with E-state index in [9.17, 15) is 18.0 Å². The molecule has 3 aromatic rings. The first-order valence-electron chi connectivity index (χ1n) is 9.94. The van der Waals surface area contributed by atoms with Gasteiger partial charge in [0.1, 0.15) is 9.96 Å². The van der Waals surface area contributed by atoms with Gasteiger partial charge < -0.3 is 14.8 Å². The topological polar surface area (TPSA) is 102 Å². The highest BCUT2D eigenvalue weighted by Crippen LogP contribution is 2.26. The minimum atomic E-state index is -3.63. The first-order valence-corrected chi connectivity index (χ1v) is 12.3. The van der Waals surface area contributed by atoms with E-state index in [0.717, 1.165) is 22.5 Å². The van der Waals surface area contributed by atoms with E-state index in [2.05, 4.69) is 5.32 Å². The highest BCUT2D eigenvalue weighted by molar-refractivity contribution is 7.94. The lowest BCUT2D eigenvalue weighted by atomic mass is 10.1. The van der Waals surface area contributed by atoms with Crippen LogP contribution in [0.25, 0.3) is 0 Å². The maximum Gasteiger partial charge on any atom is 0.344 e. The fourth-order valence-corrected chi connectivity index (χ4v) is 5.37. The van der Waals surface area contributed by atoms with Gasteiger partial charge in [-0.1, -0.05) is 12.1 Å². The fraction of sp³-hybridized carbons (Fsp3) is 0.217. The molecule has 2 aromatic carbocycles. The number of thiophene rings is 1. The van der Waals surface area contributed by atoms with Crippen molar-refractivity contribution in [2.24, 2.45) is 0 Å². The molecule has 1 heterocycles. The normalized spacial score (nSPS) is 11.0. The summed E-state index contributed by atoms with van der Waals surface area (Å²) in [5, 5.41) is 4.38. The molecule has 0 fully saturated rings. The Morgan fingerprint density at radius 3 is 2.27 bits per heavy atom. The number of carbonyl (C=O) groups excluding carboxylic acids is 2. The summed E-state index contributed by atoms with van der Waals surface area (Å²) in [5.41, 5.74) is 3.10. The first-order chi connectivity index (χ1) is 15.6. The minimum absolute atomic E-state index is 0.245. The molecule has 1 aromatic heterocycles. The molecule has 0 aliphatic rings. The average Bonchev–Trinajstić information content (AvgIpc) is 3.31. The van der Waals surface area contributed by atoms with Crippen LogP contribution in [0, 0.1) is 13.8 Å². The van der Waals surface area contributed by atoms with Crippen LogP contribution >= 0.6 is 11.3 Å². The van der Waals surface area contributed by atoms with Crippen LogP contribution in [-0.2, 0) is 24.3 Å². The van der Waals surface area contributed by atoms with Gasteiger partial charge in [-0.2, -0.15) is 0 Å². The van der Waals surface area contributed by atoms with Gasteiger partial charge in [0.05, 0.1) is 5.69 Å². The maximum absolute atomic E-state index is 12.6. The van der Waals surface area contributed by atoms with Crippen molar-refractivity contribution >= 4 is 44.6 Å². The summed E-state index contributed by atoms with van der Waals surface area (Å²) in [7, 11) is -2.17. The molecule has 0 radical (unpaired) electrons. The smallest absolute Gasteiger partial charge is 0.344 e. The van der Waals surface area contributed by atoms with Crippen molar-refractivity contribution in [3.63, 3.8) is 0 Å². The van der Waals surface area contributed by atoms with Crippen molar-refractivity contribution in [2.45, 2.75) is 18.1 Å². The number of ether oxygens (including phenoxy) is 2. The summed E-state index contributed by atoms with van der Waals surface area (Å²) in [6.45, 7) is 3.03. The predicted molar refractivity (Wildman–Crippen MR) is 127 cm³/mol. The molecular weight excluding hydrogens is 464 g/mol. The first kappa shape index (κ1) is 24.3. The van der Waals surface area contributed by atoms with Crippen LogP contribution in [0.1, 0.15) is 11.1 Å². The molecule has 0 atom stereocenters. The SMILES string of the molecule is Cc1cc(C)cc(NC(=O)COC(=O)COc2ccc(N(C)S(=O)(=O)c3cccs3)cc2)c1. The largest absolute Gasteiger partial charge is 0.482 e. The summed E-state index contributed by atoms with van der Waals surface area (Å²) in [4.78, 5) is 23.9. The van der Waals surface area contributed by atoms with E-state index in [-0.39, 0.29) is 10.8 Å². The molecule has 10 heteroatoms. The molecule has 8 nitrogen and oxygen atoms in total. The molecule has 0 aliphatic heterocycles. The van der Waals surface area contributed by atoms with E-state index < -0.39 is 28.5 Å². The van der Waals surface area contributed by atoms with E-state index in [4.69, 9.17) is 9.47 Å². The number of anilines is 2. The zero-order chi connectivity index (χ0) is 24.0. The summed E-state index contributed by atoms with van der Waals surface area (Å²) >= 11 is 1.14. The molecule has 1 N–H and O–H groups in total. The standard InChI is InChI=1S/C23H24N2O6S2/c1-16-11-17(2)13-18(12-16)24-21(26)14-31-22(27)15-30-20-8-6-19(7-9-20)25(3)33(28,29)23-5-4-10-32-23/h4-13H,14-15H2,1-3H3,(H,24,26). The van der Waals surface area contributed by atoms with Gasteiger partial charge in [0.25, 0.3) is 15.9 Å². The number of carbonyl (C=O) groups is 2. The Morgan fingerprint density at radius 2 is 1.67 bits per heavy atom. The van der Waals surface area contributed by atoms with E-state index in [1.54, 1.807) is 41.8 Å². The van der Waals surface area contributed by atoms with Crippen LogP contribution in [0.4, 0.5) is 11.4 Å².